The molecule has 290 valence electrons. The molecule has 0 radical (unpaired) electrons. The van der Waals surface area contributed by atoms with Gasteiger partial charge in [-0.15, -0.1) is 0 Å². The zero-order chi connectivity index (χ0) is 40.9. The van der Waals surface area contributed by atoms with Crippen molar-refractivity contribution in [1.82, 2.24) is 0 Å². The highest BCUT2D eigenvalue weighted by atomic mass is 31.2. The summed E-state index contributed by atoms with van der Waals surface area (Å²) in [6.45, 7) is 40.2. The highest BCUT2D eigenvalue weighted by molar-refractivity contribution is 7.66. The Balaban J connectivity index is 2.10. The van der Waals surface area contributed by atoms with Gasteiger partial charge in [0.1, 0.15) is 0 Å². The smallest absolute Gasteiger partial charge is 0.189 e. The average Bonchev–Trinajstić information content (AvgIpc) is 2.98. The molecular weight excluding hydrogens is 680 g/mol. The second-order valence-corrected chi connectivity index (χ2v) is 23.7. The molecule has 0 heterocycles. The molecule has 0 atom stereocenters. The van der Waals surface area contributed by atoms with E-state index in [4.69, 9.17) is 0 Å². The van der Waals surface area contributed by atoms with Crippen LogP contribution in [0.2, 0.25) is 0 Å². The van der Waals surface area contributed by atoms with Crippen LogP contribution in [-0.4, -0.2) is 14.7 Å². The Morgan fingerprint density at radius 1 is 0.352 bits per heavy atom. The molecule has 0 aliphatic carbocycles. The maximum Gasteiger partial charge on any atom is 0.441 e. The van der Waals surface area contributed by atoms with E-state index >= 15 is 0 Å². The molecule has 0 spiro atoms. The first kappa shape index (κ1) is 42.1. The Hall–Kier alpha value is -3.07. The molecule has 0 aliphatic rings. The van der Waals surface area contributed by atoms with Crippen molar-refractivity contribution < 1.29 is 14.7 Å². The zero-order valence-electron chi connectivity index (χ0n) is 36.6. The van der Waals surface area contributed by atoms with Crippen molar-refractivity contribution in [2.24, 2.45) is 0 Å². The lowest BCUT2D eigenvalue weighted by Gasteiger charge is -2.37. The van der Waals surface area contributed by atoms with Gasteiger partial charge in [-0.05, 0) is 134 Å². The maximum atomic E-state index is 11.5. The fourth-order valence-corrected chi connectivity index (χ4v) is 9.17. The first-order valence-corrected chi connectivity index (χ1v) is 21.3. The van der Waals surface area contributed by atoms with Crippen LogP contribution in [0.4, 0.5) is 0 Å². The Labute approximate surface area is 327 Å². The van der Waals surface area contributed by atoms with E-state index in [0.717, 1.165) is 44.2 Å². The number of hydrogen-bond acceptors (Lipinski definition) is 3. The molecule has 0 amide bonds. The topological polar surface area (TPSA) is 60.7 Å². The molecule has 0 aromatic heterocycles. The summed E-state index contributed by atoms with van der Waals surface area (Å²) in [6.07, 6.45) is 0. The summed E-state index contributed by atoms with van der Waals surface area (Å²) in [5.41, 5.74) is 9.46. The minimum Gasteiger partial charge on any atom is -0.189 e. The Morgan fingerprint density at radius 2 is 0.741 bits per heavy atom. The minimum absolute atomic E-state index is 0.00609. The molecule has 5 aromatic carbocycles. The van der Waals surface area contributed by atoms with Crippen molar-refractivity contribution in [2.45, 2.75) is 157 Å². The van der Waals surface area contributed by atoms with Crippen LogP contribution in [0.25, 0.3) is 43.8 Å². The minimum atomic E-state index is -4.53. The lowest BCUT2D eigenvalue weighted by atomic mass is 9.68. The normalized spacial score (nSPS) is 14.0. The molecule has 0 fully saturated rings. The summed E-state index contributed by atoms with van der Waals surface area (Å²) >= 11 is 0. The first-order valence-electron chi connectivity index (χ1n) is 19.7. The molecule has 0 saturated carbocycles. The number of rotatable bonds is 3. The van der Waals surface area contributed by atoms with Crippen LogP contribution in [-0.2, 0) is 32.5 Å². The fourth-order valence-electron chi connectivity index (χ4n) is 8.12. The van der Waals surface area contributed by atoms with Crippen LogP contribution in [0.3, 0.4) is 0 Å². The molecule has 5 rings (SSSR count). The fraction of sp³-hybridized carbons (Fsp3) is 0.480. The summed E-state index contributed by atoms with van der Waals surface area (Å²) in [7, 11) is -4.53. The van der Waals surface area contributed by atoms with Gasteiger partial charge in [-0.1, -0.05) is 161 Å². The largest absolute Gasteiger partial charge is 0.441 e. The lowest BCUT2D eigenvalue weighted by Crippen LogP contribution is -2.31. The molecule has 0 bridgehead atoms. The number of hydrogen-bond donors (Lipinski definition) is 3. The van der Waals surface area contributed by atoms with E-state index in [1.807, 2.05) is 6.07 Å². The summed E-state index contributed by atoms with van der Waals surface area (Å²) < 4.78 is 0. The SMILES string of the molecule is CC(C)(C)c1ccc2cc(-c3cc([P+](O)(O)O)c(C(C)(C)C)c(-c4cc5ccc(C(C)(C)C)cc5cc4C(C)(C)C)c3C(C)(C)C)c(C(C)(C)C)cc2c1. The van der Waals surface area contributed by atoms with Gasteiger partial charge in [0, 0.05) is 5.56 Å². The third kappa shape index (κ3) is 8.22. The quantitative estimate of drug-likeness (QED) is 0.161. The van der Waals surface area contributed by atoms with Crippen molar-refractivity contribution in [3.63, 3.8) is 0 Å². The van der Waals surface area contributed by atoms with Crippen LogP contribution in [0.5, 0.6) is 0 Å². The molecule has 0 saturated heterocycles. The van der Waals surface area contributed by atoms with Gasteiger partial charge >= 0.3 is 7.94 Å². The van der Waals surface area contributed by atoms with E-state index in [1.54, 1.807) is 0 Å². The monoisotopic (exact) mass is 747 g/mol. The van der Waals surface area contributed by atoms with Crippen LogP contribution >= 0.6 is 7.94 Å². The third-order valence-electron chi connectivity index (χ3n) is 11.0. The molecule has 3 nitrogen and oxygen atoms in total. The van der Waals surface area contributed by atoms with E-state index in [1.165, 1.54) is 33.0 Å². The zero-order valence-corrected chi connectivity index (χ0v) is 37.5. The highest BCUT2D eigenvalue weighted by Crippen LogP contribution is 2.55. The van der Waals surface area contributed by atoms with Gasteiger partial charge in [-0.2, -0.15) is 14.7 Å². The second-order valence-electron chi connectivity index (χ2n) is 22.1. The highest BCUT2D eigenvalue weighted by Gasteiger charge is 2.45. The maximum absolute atomic E-state index is 11.5. The molecule has 4 heteroatoms. The van der Waals surface area contributed by atoms with Gasteiger partial charge in [-0.25, -0.2) is 0 Å². The van der Waals surface area contributed by atoms with E-state index in [9.17, 15) is 14.7 Å². The number of fused-ring (bicyclic) bond motifs is 2. The van der Waals surface area contributed by atoms with Gasteiger partial charge in [0.05, 0.1) is 0 Å². The molecule has 5 aromatic rings. The van der Waals surface area contributed by atoms with E-state index < -0.39 is 13.4 Å². The Bertz CT molecular complexity index is 2240. The summed E-state index contributed by atoms with van der Waals surface area (Å²) in [6, 6.07) is 24.8. The Morgan fingerprint density at radius 3 is 1.09 bits per heavy atom. The van der Waals surface area contributed by atoms with E-state index in [2.05, 4.69) is 185 Å². The first-order chi connectivity index (χ1) is 24.2. The Kier molecular flexibility index (Phi) is 10.3. The molecule has 3 N–H and O–H groups in total. The molecule has 54 heavy (non-hydrogen) atoms. The van der Waals surface area contributed by atoms with Gasteiger partial charge in [-0.3, -0.25) is 0 Å². The van der Waals surface area contributed by atoms with Crippen molar-refractivity contribution in [3.05, 3.63) is 100 Å². The van der Waals surface area contributed by atoms with Gasteiger partial charge in [0.15, 0.2) is 5.30 Å². The van der Waals surface area contributed by atoms with Crippen LogP contribution < -0.4 is 5.30 Å². The average molecular weight is 748 g/mol. The molecule has 0 unspecified atom stereocenters. The third-order valence-corrected chi connectivity index (χ3v) is 12.0. The lowest BCUT2D eigenvalue weighted by molar-refractivity contribution is 0.346. The van der Waals surface area contributed by atoms with Crippen LogP contribution in [0.15, 0.2) is 66.7 Å². The van der Waals surface area contributed by atoms with Crippen LogP contribution in [0, 0.1) is 0 Å². The molecular formula is C50H68O3P+. The van der Waals surface area contributed by atoms with Gasteiger partial charge < -0.3 is 0 Å². The molecule has 0 aliphatic heterocycles. The summed E-state index contributed by atoms with van der Waals surface area (Å²) in [5.74, 6) is 0. The van der Waals surface area contributed by atoms with Crippen molar-refractivity contribution in [3.8, 4) is 22.3 Å². The van der Waals surface area contributed by atoms with Crippen molar-refractivity contribution in [2.75, 3.05) is 0 Å². The predicted octanol–water partition coefficient (Wildman–Crippen LogP) is 13.5. The van der Waals surface area contributed by atoms with Gasteiger partial charge in [0.2, 0.25) is 0 Å². The standard InChI is InChI=1S/C50H68O3P/c1-45(2,3)34-21-19-30-25-36(39(47(7,8)9)27-32(30)23-34)37-29-41(54(51,52)53)44(50(16,17)18)42(43(37)49(13,14)15)38-26-31-20-22-35(46(4,5)6)24-33(31)28-40(38)48(10,11)12/h19-29,51-53H,1-18H3/q+1. The van der Waals surface area contributed by atoms with Crippen LogP contribution in [0.1, 0.15) is 158 Å². The van der Waals surface area contributed by atoms with Gasteiger partial charge in [0.25, 0.3) is 0 Å². The second kappa shape index (κ2) is 13.3. The van der Waals surface area contributed by atoms with Crippen molar-refractivity contribution in [1.29, 1.82) is 0 Å². The summed E-state index contributed by atoms with van der Waals surface area (Å²) in [5, 5.41) is 4.86. The number of benzene rings is 5. The summed E-state index contributed by atoms with van der Waals surface area (Å²) in [4.78, 5) is 34.5. The van der Waals surface area contributed by atoms with E-state index in [0.29, 0.717) is 0 Å². The van der Waals surface area contributed by atoms with Crippen molar-refractivity contribution >= 4 is 34.8 Å². The predicted molar refractivity (Wildman–Crippen MR) is 238 cm³/mol. The van der Waals surface area contributed by atoms with E-state index in [-0.39, 0.29) is 32.4 Å².